The van der Waals surface area contributed by atoms with Gasteiger partial charge >= 0.3 is 0 Å². The zero-order valence-corrected chi connectivity index (χ0v) is 16.0. The Hall–Kier alpha value is -2.41. The highest BCUT2D eigenvalue weighted by molar-refractivity contribution is 7.13. The molecule has 1 saturated heterocycles. The number of nitrogens with zero attached hydrogens (tertiary/aromatic N) is 4. The Kier molecular flexibility index (Phi) is 4.11. The Bertz CT molecular complexity index is 909. The van der Waals surface area contributed by atoms with Crippen LogP contribution in [0.1, 0.15) is 55.2 Å². The maximum atomic E-state index is 5.95. The van der Waals surface area contributed by atoms with Gasteiger partial charge in [-0.25, -0.2) is 4.98 Å². The molecular formula is C20H23N5OS. The van der Waals surface area contributed by atoms with Crippen molar-refractivity contribution < 1.29 is 4.52 Å². The molecule has 140 valence electrons. The minimum absolute atomic E-state index is 0.105. The van der Waals surface area contributed by atoms with Crippen LogP contribution in [0.3, 0.4) is 0 Å². The lowest BCUT2D eigenvalue weighted by Crippen LogP contribution is -2.44. The Morgan fingerprint density at radius 2 is 1.89 bits per heavy atom. The van der Waals surface area contributed by atoms with Gasteiger partial charge in [0.1, 0.15) is 0 Å². The molecule has 2 fully saturated rings. The van der Waals surface area contributed by atoms with Crippen LogP contribution in [0.5, 0.6) is 0 Å². The van der Waals surface area contributed by atoms with Crippen molar-refractivity contribution in [2.75, 3.05) is 23.7 Å². The number of benzene rings is 1. The SMILES string of the molecule is Nc1nc(C2(c3ccccc3)CCN(c3noc(C4CCC4)n3)CC2)cs1. The van der Waals surface area contributed by atoms with Crippen LogP contribution < -0.4 is 10.6 Å². The van der Waals surface area contributed by atoms with Crippen molar-refractivity contribution in [2.45, 2.75) is 43.4 Å². The maximum Gasteiger partial charge on any atom is 0.266 e. The smallest absolute Gasteiger partial charge is 0.266 e. The van der Waals surface area contributed by atoms with E-state index in [0.717, 1.165) is 43.5 Å². The van der Waals surface area contributed by atoms with E-state index in [1.54, 1.807) is 0 Å². The van der Waals surface area contributed by atoms with Crippen molar-refractivity contribution in [1.29, 1.82) is 0 Å². The van der Waals surface area contributed by atoms with E-state index in [9.17, 15) is 0 Å². The summed E-state index contributed by atoms with van der Waals surface area (Å²) >= 11 is 1.52. The first-order valence-corrected chi connectivity index (χ1v) is 10.5. The van der Waals surface area contributed by atoms with E-state index in [4.69, 9.17) is 10.3 Å². The first-order valence-electron chi connectivity index (χ1n) is 9.60. The summed E-state index contributed by atoms with van der Waals surface area (Å²) in [7, 11) is 0. The highest BCUT2D eigenvalue weighted by Gasteiger charge is 2.40. The summed E-state index contributed by atoms with van der Waals surface area (Å²) in [5.41, 5.74) is 8.24. The highest BCUT2D eigenvalue weighted by Crippen LogP contribution is 2.43. The molecular weight excluding hydrogens is 358 g/mol. The topological polar surface area (TPSA) is 81.1 Å². The number of hydrogen-bond acceptors (Lipinski definition) is 7. The summed E-state index contributed by atoms with van der Waals surface area (Å²) in [6, 6.07) is 10.7. The second kappa shape index (κ2) is 6.64. The lowest BCUT2D eigenvalue weighted by molar-refractivity contribution is 0.291. The molecule has 6 nitrogen and oxygen atoms in total. The van der Waals surface area contributed by atoms with E-state index in [-0.39, 0.29) is 5.41 Å². The Morgan fingerprint density at radius 3 is 2.52 bits per heavy atom. The van der Waals surface area contributed by atoms with Crippen LogP contribution >= 0.6 is 11.3 Å². The molecule has 5 rings (SSSR count). The Balaban J connectivity index is 1.40. The molecule has 1 aliphatic carbocycles. The van der Waals surface area contributed by atoms with Crippen molar-refractivity contribution in [3.05, 3.63) is 52.9 Å². The standard InChI is InChI=1S/C20H23N5OS/c21-18-22-16(13-27-18)20(15-7-2-1-3-8-15)9-11-25(12-10-20)19-23-17(26-24-19)14-5-4-6-14/h1-3,7-8,13-14H,4-6,9-12H2,(H2,21,22). The second-order valence-corrected chi connectivity index (χ2v) is 8.46. The fourth-order valence-corrected chi connectivity index (χ4v) is 4.88. The van der Waals surface area contributed by atoms with E-state index < -0.39 is 0 Å². The third-order valence-corrected chi connectivity index (χ3v) is 6.80. The molecule has 7 heteroatoms. The van der Waals surface area contributed by atoms with E-state index in [2.05, 4.69) is 55.7 Å². The summed E-state index contributed by atoms with van der Waals surface area (Å²) in [5, 5.41) is 6.99. The predicted octanol–water partition coefficient (Wildman–Crippen LogP) is 3.96. The Morgan fingerprint density at radius 1 is 1.11 bits per heavy atom. The van der Waals surface area contributed by atoms with Crippen molar-refractivity contribution in [2.24, 2.45) is 0 Å². The van der Waals surface area contributed by atoms with Crippen molar-refractivity contribution in [3.8, 4) is 0 Å². The molecule has 1 aliphatic heterocycles. The quantitative estimate of drug-likeness (QED) is 0.737. The molecule has 3 aromatic rings. The third kappa shape index (κ3) is 2.90. The van der Waals surface area contributed by atoms with Crippen LogP contribution in [0.15, 0.2) is 40.2 Å². The highest BCUT2D eigenvalue weighted by atomic mass is 32.1. The number of piperidine rings is 1. The molecule has 1 aromatic carbocycles. The Labute approximate surface area is 162 Å². The van der Waals surface area contributed by atoms with Gasteiger partial charge in [0.2, 0.25) is 5.89 Å². The first kappa shape index (κ1) is 16.7. The van der Waals surface area contributed by atoms with E-state index in [0.29, 0.717) is 11.0 Å². The number of thiazole rings is 1. The summed E-state index contributed by atoms with van der Waals surface area (Å²) in [6.07, 6.45) is 5.51. The number of anilines is 2. The van der Waals surface area contributed by atoms with Gasteiger partial charge in [-0.15, -0.1) is 11.3 Å². The molecule has 2 aliphatic rings. The molecule has 0 spiro atoms. The van der Waals surface area contributed by atoms with Gasteiger partial charge < -0.3 is 15.2 Å². The number of hydrogen-bond donors (Lipinski definition) is 1. The van der Waals surface area contributed by atoms with E-state index >= 15 is 0 Å². The molecule has 1 saturated carbocycles. The maximum absolute atomic E-state index is 5.95. The van der Waals surface area contributed by atoms with Crippen LogP contribution in [-0.2, 0) is 5.41 Å². The normalized spacial score (nSPS) is 19.8. The molecule has 0 radical (unpaired) electrons. The molecule has 0 atom stereocenters. The molecule has 3 heterocycles. The van der Waals surface area contributed by atoms with Crippen molar-refractivity contribution in [3.63, 3.8) is 0 Å². The van der Waals surface area contributed by atoms with Gasteiger partial charge in [0, 0.05) is 29.8 Å². The summed E-state index contributed by atoms with van der Waals surface area (Å²) in [4.78, 5) is 11.6. The number of rotatable bonds is 4. The predicted molar refractivity (Wildman–Crippen MR) is 106 cm³/mol. The molecule has 0 amide bonds. The summed E-state index contributed by atoms with van der Waals surface area (Å²) < 4.78 is 5.52. The molecule has 2 N–H and O–H groups in total. The summed E-state index contributed by atoms with van der Waals surface area (Å²) in [6.45, 7) is 1.74. The first-order chi connectivity index (χ1) is 13.2. The van der Waals surface area contributed by atoms with Crippen molar-refractivity contribution >= 4 is 22.4 Å². The van der Waals surface area contributed by atoms with Crippen LogP contribution in [0.25, 0.3) is 0 Å². The fourth-order valence-electron chi connectivity index (χ4n) is 4.22. The monoisotopic (exact) mass is 381 g/mol. The van der Waals surface area contributed by atoms with Gasteiger partial charge in [-0.1, -0.05) is 36.8 Å². The van der Waals surface area contributed by atoms with Crippen LogP contribution in [0.4, 0.5) is 11.1 Å². The van der Waals surface area contributed by atoms with E-state index in [1.165, 1.54) is 36.2 Å². The van der Waals surface area contributed by atoms with Crippen molar-refractivity contribution in [1.82, 2.24) is 15.1 Å². The lowest BCUT2D eigenvalue weighted by atomic mass is 9.71. The average Bonchev–Trinajstić information content (AvgIpc) is 3.31. The molecule has 0 unspecified atom stereocenters. The van der Waals surface area contributed by atoms with E-state index in [1.807, 2.05) is 0 Å². The zero-order valence-electron chi connectivity index (χ0n) is 15.2. The minimum Gasteiger partial charge on any atom is -0.375 e. The van der Waals surface area contributed by atoms with Crippen LogP contribution in [0.2, 0.25) is 0 Å². The lowest BCUT2D eigenvalue weighted by Gasteiger charge is -2.41. The number of aromatic nitrogens is 3. The van der Waals surface area contributed by atoms with Gasteiger partial charge in [0.05, 0.1) is 5.69 Å². The van der Waals surface area contributed by atoms with Crippen LogP contribution in [-0.4, -0.2) is 28.2 Å². The number of nitrogens with two attached hydrogens (primary N) is 1. The summed E-state index contributed by atoms with van der Waals surface area (Å²) in [5.74, 6) is 2.01. The minimum atomic E-state index is -0.105. The number of nitrogen functional groups attached to an aromatic ring is 1. The van der Waals surface area contributed by atoms with Crippen LogP contribution in [0, 0.1) is 0 Å². The fraction of sp³-hybridized carbons (Fsp3) is 0.450. The molecule has 27 heavy (non-hydrogen) atoms. The van der Waals surface area contributed by atoms with Gasteiger partial charge in [0.15, 0.2) is 5.13 Å². The molecule has 2 aromatic heterocycles. The van der Waals surface area contributed by atoms with Gasteiger partial charge in [-0.2, -0.15) is 4.98 Å². The van der Waals surface area contributed by atoms with Gasteiger partial charge in [-0.3, -0.25) is 0 Å². The largest absolute Gasteiger partial charge is 0.375 e. The average molecular weight is 382 g/mol. The van der Waals surface area contributed by atoms with Gasteiger partial charge in [-0.05, 0) is 36.4 Å². The molecule has 0 bridgehead atoms. The second-order valence-electron chi connectivity index (χ2n) is 7.57. The third-order valence-electron chi connectivity index (χ3n) is 6.12. The van der Waals surface area contributed by atoms with Gasteiger partial charge in [0.25, 0.3) is 5.95 Å². The zero-order chi connectivity index (χ0) is 18.3.